The van der Waals surface area contributed by atoms with Crippen LogP contribution in [0.1, 0.15) is 152 Å². The van der Waals surface area contributed by atoms with Gasteiger partial charge in [-0.15, -0.1) is 0 Å². The first-order chi connectivity index (χ1) is 19.3. The van der Waals surface area contributed by atoms with Crippen molar-refractivity contribution in [1.29, 1.82) is 0 Å². The number of hydrogen-bond acceptors (Lipinski definition) is 2. The van der Waals surface area contributed by atoms with E-state index in [0.717, 1.165) is 11.5 Å². The van der Waals surface area contributed by atoms with Crippen LogP contribution < -0.4 is 0 Å². The molecule has 45 heavy (non-hydrogen) atoms. The lowest BCUT2D eigenvalue weighted by molar-refractivity contribution is 0.148. The first-order valence-electron chi connectivity index (χ1n) is 17.8. The summed E-state index contributed by atoms with van der Waals surface area (Å²) in [6.45, 7) is 64.1. The SMILES string of the molecule is CC1(C)C=CC2=C(OB([Si](=[Si]([Si](C)(C(C)(C)C)C(C)(C)C)[Si](C)(C(C)(C)C)C(C)(C)C)[Si](C)(C(C)(C)C)C(C)(C)C)O2)C1(C)C. The van der Waals surface area contributed by atoms with Gasteiger partial charge in [0, 0.05) is 5.41 Å². The lowest BCUT2D eigenvalue weighted by atomic mass is 9.64. The Labute approximate surface area is 288 Å². The lowest BCUT2D eigenvalue weighted by Crippen LogP contribution is -2.80. The molecule has 0 spiro atoms. The predicted molar refractivity (Wildman–Crippen MR) is 216 cm³/mol. The fourth-order valence-electron chi connectivity index (χ4n) is 9.16. The van der Waals surface area contributed by atoms with Gasteiger partial charge in [-0.1, -0.05) is 178 Å². The van der Waals surface area contributed by atoms with Gasteiger partial charge in [0.25, 0.3) is 0 Å². The molecule has 2 nitrogen and oxygen atoms in total. The minimum absolute atomic E-state index is 0.000274. The van der Waals surface area contributed by atoms with Crippen LogP contribution in [0.3, 0.4) is 0 Å². The second kappa shape index (κ2) is 11.4. The topological polar surface area (TPSA) is 18.5 Å². The summed E-state index contributed by atoms with van der Waals surface area (Å²) in [5, 5.41) is 1.39. The van der Waals surface area contributed by atoms with E-state index >= 15 is 0 Å². The van der Waals surface area contributed by atoms with Gasteiger partial charge in [0.2, 0.25) is 0 Å². The Morgan fingerprint density at radius 2 is 0.844 bits per heavy atom. The molecular formula is C37H77BO2Si5. The zero-order chi connectivity index (χ0) is 36.2. The summed E-state index contributed by atoms with van der Waals surface area (Å²) in [7, 11) is -7.63. The van der Waals surface area contributed by atoms with Gasteiger partial charge in [0.1, 0.15) is 11.5 Å². The molecular weight excluding hydrogens is 628 g/mol. The maximum atomic E-state index is 7.59. The average Bonchev–Trinajstić information content (AvgIpc) is 3.19. The van der Waals surface area contributed by atoms with Crippen LogP contribution in [0.25, 0.3) is 0 Å². The van der Waals surface area contributed by atoms with Gasteiger partial charge in [-0.2, -0.15) is 0 Å². The first-order valence-corrected chi connectivity index (χ1v) is 32.4. The molecule has 0 unspecified atom stereocenters. The molecule has 2 aliphatic rings. The molecule has 0 radical (unpaired) electrons. The molecule has 260 valence electrons. The molecule has 0 saturated carbocycles. The van der Waals surface area contributed by atoms with Gasteiger partial charge in [-0.3, -0.25) is 0 Å². The minimum atomic E-state index is -2.18. The van der Waals surface area contributed by atoms with E-state index in [2.05, 4.69) is 184 Å². The maximum Gasteiger partial charge on any atom is 0.575 e. The zero-order valence-electron chi connectivity index (χ0n) is 35.0. The highest BCUT2D eigenvalue weighted by atomic mass is 29.8. The van der Waals surface area contributed by atoms with Crippen molar-refractivity contribution in [3.63, 3.8) is 0 Å². The highest BCUT2D eigenvalue weighted by Gasteiger charge is 2.69. The normalized spacial score (nSPS) is 20.2. The molecule has 8 heteroatoms. The summed E-state index contributed by atoms with van der Waals surface area (Å²) in [6, 6.07) is 0. The van der Waals surface area contributed by atoms with Gasteiger partial charge < -0.3 is 9.31 Å². The molecule has 0 saturated heterocycles. The average molecular weight is 705 g/mol. The Morgan fingerprint density at radius 3 is 1.13 bits per heavy atom. The smallest absolute Gasteiger partial charge is 0.527 e. The lowest BCUT2D eigenvalue weighted by Gasteiger charge is -2.64. The fourth-order valence-corrected chi connectivity index (χ4v) is 135. The van der Waals surface area contributed by atoms with E-state index in [4.69, 9.17) is 9.31 Å². The minimum Gasteiger partial charge on any atom is -0.527 e. The Bertz CT molecular complexity index is 1160. The van der Waals surface area contributed by atoms with Crippen molar-refractivity contribution in [3.8, 4) is 0 Å². The Kier molecular flexibility index (Phi) is 10.5. The monoisotopic (exact) mass is 704 g/mol. The van der Waals surface area contributed by atoms with E-state index in [-0.39, 0.29) is 47.8 Å². The number of rotatable bonds is 4. The van der Waals surface area contributed by atoms with Crippen LogP contribution in [-0.2, 0) is 9.31 Å². The van der Waals surface area contributed by atoms with Crippen LogP contribution in [0.2, 0.25) is 49.9 Å². The van der Waals surface area contributed by atoms with E-state index in [1.54, 1.807) is 0 Å². The van der Waals surface area contributed by atoms with Crippen molar-refractivity contribution in [2.24, 2.45) is 10.8 Å². The van der Waals surface area contributed by atoms with Gasteiger partial charge >= 0.3 is 6.71 Å². The van der Waals surface area contributed by atoms with Crippen LogP contribution in [-0.4, -0.2) is 43.7 Å². The third kappa shape index (κ3) is 6.15. The highest BCUT2D eigenvalue weighted by Crippen LogP contribution is 2.62. The van der Waals surface area contributed by atoms with E-state index in [1.807, 2.05) is 0 Å². The van der Waals surface area contributed by atoms with E-state index in [0.29, 0.717) is 0 Å². The van der Waals surface area contributed by atoms with Crippen LogP contribution in [0, 0.1) is 10.8 Å². The summed E-state index contributed by atoms with van der Waals surface area (Å²) in [5.74, 6) is 2.14. The molecule has 0 bridgehead atoms. The second-order valence-electron chi connectivity index (χ2n) is 22.6. The van der Waals surface area contributed by atoms with Crippen molar-refractivity contribution >= 4 is 43.7 Å². The van der Waals surface area contributed by atoms with Crippen molar-refractivity contribution in [2.75, 3.05) is 0 Å². The van der Waals surface area contributed by atoms with E-state index < -0.39 is 37.0 Å². The number of hydrogen-bond donors (Lipinski definition) is 0. The van der Waals surface area contributed by atoms with Gasteiger partial charge in [-0.25, -0.2) is 0 Å². The largest absolute Gasteiger partial charge is 0.575 e. The fraction of sp³-hybridized carbons (Fsp3) is 0.892. The van der Waals surface area contributed by atoms with Crippen molar-refractivity contribution in [3.05, 3.63) is 23.7 Å². The predicted octanol–water partition coefficient (Wildman–Crippen LogP) is 12.8. The molecule has 0 N–H and O–H groups in total. The Hall–Kier alpha value is 0.229. The summed E-state index contributed by atoms with van der Waals surface area (Å²) < 4.78 is 15.0. The molecule has 0 atom stereocenters. The van der Waals surface area contributed by atoms with Crippen molar-refractivity contribution < 1.29 is 9.31 Å². The summed E-state index contributed by atoms with van der Waals surface area (Å²) >= 11 is 0. The Balaban J connectivity index is 3.51. The highest BCUT2D eigenvalue weighted by molar-refractivity contribution is 7.82. The standard InChI is InChI=1S/C37H77BO2Si5/c1-30(2,3)43(23,31(4,5)6)41(38-39-28-26-27-36(19,20)37(21,22)29(28)40-38)42(44(24,32(7,8)9)33(10,11)12)45(25,34(13,14)15)35(16,17)18/h26-27H,1-25H3. The quantitative estimate of drug-likeness (QED) is 0.271. The van der Waals surface area contributed by atoms with E-state index in [9.17, 15) is 0 Å². The molecule has 1 aliphatic heterocycles. The van der Waals surface area contributed by atoms with Crippen LogP contribution >= 0.6 is 0 Å². The second-order valence-corrected chi connectivity index (χ2v) is 63.1. The molecule has 0 aromatic carbocycles. The van der Waals surface area contributed by atoms with Crippen LogP contribution in [0.15, 0.2) is 23.7 Å². The third-order valence-corrected chi connectivity index (χ3v) is 96.7. The van der Waals surface area contributed by atoms with Crippen molar-refractivity contribution in [2.45, 2.75) is 202 Å². The molecule has 1 aliphatic carbocycles. The molecule has 2 rings (SSSR count). The molecule has 1 heterocycles. The zero-order valence-corrected chi connectivity index (χ0v) is 40.0. The molecule has 0 aromatic heterocycles. The van der Waals surface area contributed by atoms with E-state index in [1.165, 1.54) is 0 Å². The number of allylic oxidation sites excluding steroid dienone is 3. The summed E-state index contributed by atoms with van der Waals surface area (Å²) in [6.07, 6.45) is 4.65. The third-order valence-electron chi connectivity index (χ3n) is 14.6. The van der Waals surface area contributed by atoms with Crippen molar-refractivity contribution in [1.82, 2.24) is 0 Å². The molecule has 0 aromatic rings. The van der Waals surface area contributed by atoms with Crippen LogP contribution in [0.4, 0.5) is 0 Å². The molecule has 0 amide bonds. The van der Waals surface area contributed by atoms with Gasteiger partial charge in [0.15, 0.2) is 0 Å². The first kappa shape index (κ1) is 41.4. The van der Waals surface area contributed by atoms with Crippen LogP contribution in [0.5, 0.6) is 0 Å². The molecule has 0 fully saturated rings. The Morgan fingerprint density at radius 1 is 0.533 bits per heavy atom. The summed E-state index contributed by atoms with van der Waals surface area (Å²) in [4.78, 5) is 0. The maximum absolute atomic E-state index is 7.59. The summed E-state index contributed by atoms with van der Waals surface area (Å²) in [5.41, 5.74) is -0.129. The van der Waals surface area contributed by atoms with Gasteiger partial charge in [-0.05, 0) is 48.6 Å². The van der Waals surface area contributed by atoms with Gasteiger partial charge in [0.05, 0.1) is 30.1 Å².